The van der Waals surface area contributed by atoms with Gasteiger partial charge in [0, 0.05) is 19.3 Å². The minimum absolute atomic E-state index is 0.0857. The lowest BCUT2D eigenvalue weighted by molar-refractivity contribution is -0.167. The summed E-state index contributed by atoms with van der Waals surface area (Å²) in [5.41, 5.74) is 0. The van der Waals surface area contributed by atoms with Crippen LogP contribution in [0.1, 0.15) is 316 Å². The zero-order chi connectivity index (χ0) is 57.1. The Morgan fingerprint density at radius 1 is 0.266 bits per heavy atom. The molecule has 0 saturated carbocycles. The van der Waals surface area contributed by atoms with Gasteiger partial charge in [0.05, 0.1) is 0 Å². The van der Waals surface area contributed by atoms with Crippen LogP contribution in [0.2, 0.25) is 0 Å². The van der Waals surface area contributed by atoms with Crippen LogP contribution in [0.15, 0.2) is 109 Å². The van der Waals surface area contributed by atoms with E-state index in [1.165, 1.54) is 141 Å². The standard InChI is InChI=1S/C73H124O6/c1-4-7-10-13-16-19-22-25-28-31-32-33-34-35-36-37-38-39-40-43-45-48-51-54-57-60-63-66-72(75)78-69-70(79-73(76)67-64-61-58-55-52-49-46-42-30-27-24-21-18-15-12-9-6-3)68-77-71(74)65-62-59-56-53-50-47-44-41-29-26-23-20-17-14-11-8-5-2/h7,10,16,18-19,21,25,27-28,30,32-33,35-36,38-39,43,45,70H,4-6,8-9,11-15,17,20,22-24,26,29,31,34,37,40-42,44,46-69H2,1-3H3/b10-7-,19-16-,21-18-,28-25-,30-27-,33-32-,36-35-,39-38-,45-43-. The Kier molecular flexibility index (Phi) is 63.3. The van der Waals surface area contributed by atoms with Crippen LogP contribution < -0.4 is 0 Å². The molecule has 452 valence electrons. The molecule has 0 amide bonds. The van der Waals surface area contributed by atoms with E-state index < -0.39 is 6.10 Å². The summed E-state index contributed by atoms with van der Waals surface area (Å²) in [6, 6.07) is 0. The second-order valence-corrected chi connectivity index (χ2v) is 22.0. The molecule has 1 unspecified atom stereocenters. The Morgan fingerprint density at radius 2 is 0.494 bits per heavy atom. The number of hydrogen-bond donors (Lipinski definition) is 0. The molecule has 0 aliphatic rings. The largest absolute Gasteiger partial charge is 0.462 e. The molecule has 0 heterocycles. The molecule has 0 spiro atoms. The Labute approximate surface area is 489 Å². The van der Waals surface area contributed by atoms with E-state index in [2.05, 4.69) is 130 Å². The zero-order valence-corrected chi connectivity index (χ0v) is 51.9. The third-order valence-corrected chi connectivity index (χ3v) is 14.3. The van der Waals surface area contributed by atoms with E-state index in [0.29, 0.717) is 19.3 Å². The fraction of sp³-hybridized carbons (Fsp3) is 0.712. The Bertz CT molecular complexity index is 1590. The molecule has 0 radical (unpaired) electrons. The Hall–Kier alpha value is -3.93. The van der Waals surface area contributed by atoms with E-state index in [1.807, 2.05) is 0 Å². The van der Waals surface area contributed by atoms with E-state index in [0.717, 1.165) is 135 Å². The number of carbonyl (C=O) groups excluding carboxylic acids is 3. The van der Waals surface area contributed by atoms with Crippen molar-refractivity contribution in [1.29, 1.82) is 0 Å². The molecule has 0 bridgehead atoms. The number of hydrogen-bond acceptors (Lipinski definition) is 6. The van der Waals surface area contributed by atoms with Gasteiger partial charge in [0.2, 0.25) is 0 Å². The van der Waals surface area contributed by atoms with Gasteiger partial charge in [0.25, 0.3) is 0 Å². The van der Waals surface area contributed by atoms with Gasteiger partial charge < -0.3 is 14.2 Å². The van der Waals surface area contributed by atoms with Crippen LogP contribution in [0, 0.1) is 0 Å². The van der Waals surface area contributed by atoms with Crippen molar-refractivity contribution in [2.75, 3.05) is 13.2 Å². The molecule has 0 rings (SSSR count). The topological polar surface area (TPSA) is 78.9 Å². The quantitative estimate of drug-likeness (QED) is 0.0261. The summed E-state index contributed by atoms with van der Waals surface area (Å²) in [5.74, 6) is -0.902. The maximum absolute atomic E-state index is 12.9. The third-order valence-electron chi connectivity index (χ3n) is 14.3. The Balaban J connectivity index is 4.40. The highest BCUT2D eigenvalue weighted by Gasteiger charge is 2.19. The average molecular weight is 1100 g/mol. The van der Waals surface area contributed by atoms with Crippen molar-refractivity contribution in [3.8, 4) is 0 Å². The number of allylic oxidation sites excluding steroid dienone is 18. The first-order chi connectivity index (χ1) is 39.0. The highest BCUT2D eigenvalue weighted by Crippen LogP contribution is 2.16. The Morgan fingerprint density at radius 3 is 0.797 bits per heavy atom. The molecule has 0 aromatic carbocycles. The highest BCUT2D eigenvalue weighted by atomic mass is 16.6. The van der Waals surface area contributed by atoms with Crippen molar-refractivity contribution in [1.82, 2.24) is 0 Å². The fourth-order valence-electron chi connectivity index (χ4n) is 9.28. The maximum atomic E-state index is 12.9. The average Bonchev–Trinajstić information content (AvgIpc) is 3.45. The highest BCUT2D eigenvalue weighted by molar-refractivity contribution is 5.71. The van der Waals surface area contributed by atoms with Gasteiger partial charge in [-0.05, 0) is 109 Å². The summed E-state index contributed by atoms with van der Waals surface area (Å²) in [6.45, 7) is 6.51. The number of unbranched alkanes of at least 4 members (excludes halogenated alkanes) is 31. The van der Waals surface area contributed by atoms with E-state index in [4.69, 9.17) is 14.2 Å². The number of carbonyl (C=O) groups is 3. The van der Waals surface area contributed by atoms with Gasteiger partial charge in [-0.1, -0.05) is 297 Å². The summed E-state index contributed by atoms with van der Waals surface area (Å²) in [6.07, 6.45) is 90.9. The molecule has 0 aromatic rings. The van der Waals surface area contributed by atoms with Gasteiger partial charge in [0.1, 0.15) is 13.2 Å². The third kappa shape index (κ3) is 64.8. The second kappa shape index (κ2) is 66.6. The van der Waals surface area contributed by atoms with Crippen molar-refractivity contribution in [3.05, 3.63) is 109 Å². The van der Waals surface area contributed by atoms with E-state index >= 15 is 0 Å². The summed E-state index contributed by atoms with van der Waals surface area (Å²) in [5, 5.41) is 0. The molecule has 0 N–H and O–H groups in total. The van der Waals surface area contributed by atoms with Crippen LogP contribution in [0.25, 0.3) is 0 Å². The predicted molar refractivity (Wildman–Crippen MR) is 343 cm³/mol. The van der Waals surface area contributed by atoms with Crippen molar-refractivity contribution in [2.24, 2.45) is 0 Å². The van der Waals surface area contributed by atoms with Crippen LogP contribution in [-0.4, -0.2) is 37.2 Å². The fourth-order valence-corrected chi connectivity index (χ4v) is 9.28. The van der Waals surface area contributed by atoms with E-state index in [9.17, 15) is 14.4 Å². The van der Waals surface area contributed by atoms with E-state index in [1.54, 1.807) is 0 Å². The predicted octanol–water partition coefficient (Wildman–Crippen LogP) is 23.0. The minimum Gasteiger partial charge on any atom is -0.462 e. The molecular formula is C73H124O6. The smallest absolute Gasteiger partial charge is 0.306 e. The van der Waals surface area contributed by atoms with Gasteiger partial charge in [-0.3, -0.25) is 14.4 Å². The molecule has 79 heavy (non-hydrogen) atoms. The molecule has 1 atom stereocenters. The van der Waals surface area contributed by atoms with Gasteiger partial charge in [-0.15, -0.1) is 0 Å². The minimum atomic E-state index is -0.792. The summed E-state index contributed by atoms with van der Waals surface area (Å²) < 4.78 is 16.9. The van der Waals surface area contributed by atoms with Crippen LogP contribution in [0.5, 0.6) is 0 Å². The first-order valence-corrected chi connectivity index (χ1v) is 33.4. The molecule has 0 aromatic heterocycles. The lowest BCUT2D eigenvalue weighted by Crippen LogP contribution is -2.30. The summed E-state index contributed by atoms with van der Waals surface area (Å²) in [7, 11) is 0. The second-order valence-electron chi connectivity index (χ2n) is 22.0. The van der Waals surface area contributed by atoms with Gasteiger partial charge in [-0.2, -0.15) is 0 Å². The molecule has 0 fully saturated rings. The first-order valence-electron chi connectivity index (χ1n) is 33.4. The van der Waals surface area contributed by atoms with Crippen LogP contribution >= 0.6 is 0 Å². The molecule has 6 nitrogen and oxygen atoms in total. The molecule has 0 saturated heterocycles. The number of ether oxygens (including phenoxy) is 3. The number of esters is 3. The van der Waals surface area contributed by atoms with E-state index in [-0.39, 0.29) is 31.1 Å². The first kappa shape index (κ1) is 75.1. The van der Waals surface area contributed by atoms with Crippen LogP contribution in [-0.2, 0) is 28.6 Å². The summed E-state index contributed by atoms with van der Waals surface area (Å²) in [4.78, 5) is 38.4. The van der Waals surface area contributed by atoms with Crippen molar-refractivity contribution in [2.45, 2.75) is 322 Å². The monoisotopic (exact) mass is 1100 g/mol. The molecule has 6 heteroatoms. The summed E-state index contributed by atoms with van der Waals surface area (Å²) >= 11 is 0. The van der Waals surface area contributed by atoms with Crippen LogP contribution in [0.3, 0.4) is 0 Å². The number of rotatable bonds is 60. The lowest BCUT2D eigenvalue weighted by atomic mass is 10.0. The molecule has 0 aliphatic carbocycles. The zero-order valence-electron chi connectivity index (χ0n) is 51.9. The lowest BCUT2D eigenvalue weighted by Gasteiger charge is -2.18. The van der Waals surface area contributed by atoms with Crippen molar-refractivity contribution in [3.63, 3.8) is 0 Å². The maximum Gasteiger partial charge on any atom is 0.306 e. The molecular weight excluding hydrogens is 973 g/mol. The van der Waals surface area contributed by atoms with Gasteiger partial charge >= 0.3 is 17.9 Å². The van der Waals surface area contributed by atoms with Crippen molar-refractivity contribution >= 4 is 17.9 Å². The van der Waals surface area contributed by atoms with Gasteiger partial charge in [-0.25, -0.2) is 0 Å². The van der Waals surface area contributed by atoms with Crippen LogP contribution in [0.4, 0.5) is 0 Å². The normalized spacial score (nSPS) is 12.8. The van der Waals surface area contributed by atoms with Crippen molar-refractivity contribution < 1.29 is 28.6 Å². The van der Waals surface area contributed by atoms with Gasteiger partial charge in [0.15, 0.2) is 6.10 Å². The molecule has 0 aliphatic heterocycles. The SMILES string of the molecule is CC/C=C\C/C=C\C/C=C\C/C=C\C/C=C\C/C=C\C/C=C\CCCCCCCC(=O)OCC(COC(=O)CCCCCCCCCCCCCCCCCCC)OC(=O)CCCCCCCCC/C=C\C/C=C\CCCCC.